The predicted octanol–water partition coefficient (Wildman–Crippen LogP) is 1.57. The highest BCUT2D eigenvalue weighted by Crippen LogP contribution is 2.13. The summed E-state index contributed by atoms with van der Waals surface area (Å²) < 4.78 is 4.59. The minimum absolute atomic E-state index is 0. The van der Waals surface area contributed by atoms with Gasteiger partial charge in [0.1, 0.15) is 0 Å². The van der Waals surface area contributed by atoms with Gasteiger partial charge in [-0.2, -0.15) is 0 Å². The lowest BCUT2D eigenvalue weighted by Crippen LogP contribution is -2.45. The maximum absolute atomic E-state index is 11.6. The number of hydrogen-bond acceptors (Lipinski definition) is 4. The van der Waals surface area contributed by atoms with Crippen LogP contribution in [0.5, 0.6) is 0 Å². The van der Waals surface area contributed by atoms with E-state index in [-0.39, 0.29) is 18.3 Å². The number of carbonyl (C=O) groups is 2. The van der Waals surface area contributed by atoms with Crippen LogP contribution in [0.4, 0.5) is 5.69 Å². The highest BCUT2D eigenvalue weighted by atomic mass is 35.5. The molecule has 100 valence electrons. The van der Waals surface area contributed by atoms with E-state index in [0.29, 0.717) is 11.3 Å². The number of anilines is 1. The predicted molar refractivity (Wildman–Crippen MR) is 71.9 cm³/mol. The molecule has 3 N–H and O–H groups in total. The summed E-state index contributed by atoms with van der Waals surface area (Å²) in [6, 6.07) is 6.48. The zero-order chi connectivity index (χ0) is 13.1. The average Bonchev–Trinajstić information content (AvgIpc) is 2.27. The van der Waals surface area contributed by atoms with Crippen LogP contribution in [0.25, 0.3) is 0 Å². The van der Waals surface area contributed by atoms with Gasteiger partial charge < -0.3 is 15.8 Å². The molecule has 0 saturated heterocycles. The van der Waals surface area contributed by atoms with Gasteiger partial charge in [-0.3, -0.25) is 4.79 Å². The van der Waals surface area contributed by atoms with Crippen molar-refractivity contribution >= 4 is 30.0 Å². The number of nitrogens with two attached hydrogens (primary N) is 1. The second-order valence-electron chi connectivity index (χ2n) is 4.25. The average molecular weight is 273 g/mol. The molecular weight excluding hydrogens is 256 g/mol. The van der Waals surface area contributed by atoms with Crippen LogP contribution < -0.4 is 11.1 Å². The van der Waals surface area contributed by atoms with Crippen molar-refractivity contribution in [2.24, 2.45) is 5.73 Å². The van der Waals surface area contributed by atoms with Crippen molar-refractivity contribution in [3.8, 4) is 0 Å². The van der Waals surface area contributed by atoms with Gasteiger partial charge in [-0.25, -0.2) is 4.79 Å². The summed E-state index contributed by atoms with van der Waals surface area (Å²) >= 11 is 0. The van der Waals surface area contributed by atoms with Crippen molar-refractivity contribution in [1.82, 2.24) is 0 Å². The number of ether oxygens (including phenoxy) is 1. The largest absolute Gasteiger partial charge is 0.465 e. The monoisotopic (exact) mass is 272 g/mol. The van der Waals surface area contributed by atoms with Crippen LogP contribution >= 0.6 is 12.4 Å². The molecule has 1 aromatic rings. The molecular formula is C12H17ClN2O3. The SMILES string of the molecule is COC(=O)c1cccc(NC(=O)C(C)(C)N)c1.Cl. The number of benzene rings is 1. The first-order valence-corrected chi connectivity index (χ1v) is 5.13. The number of hydrogen-bond donors (Lipinski definition) is 2. The Kier molecular flexibility index (Phi) is 5.81. The van der Waals surface area contributed by atoms with E-state index in [1.165, 1.54) is 13.2 Å². The number of nitrogens with one attached hydrogen (secondary N) is 1. The van der Waals surface area contributed by atoms with E-state index in [9.17, 15) is 9.59 Å². The molecule has 1 aromatic carbocycles. The zero-order valence-corrected chi connectivity index (χ0v) is 11.3. The van der Waals surface area contributed by atoms with E-state index in [2.05, 4.69) is 10.1 Å². The molecule has 0 fully saturated rings. The molecule has 0 spiro atoms. The lowest BCUT2D eigenvalue weighted by molar-refractivity contribution is -0.120. The summed E-state index contributed by atoms with van der Waals surface area (Å²) in [6.45, 7) is 3.21. The molecule has 1 rings (SSSR count). The first kappa shape index (κ1) is 16.4. The Morgan fingerprint density at radius 1 is 1.33 bits per heavy atom. The van der Waals surface area contributed by atoms with Gasteiger partial charge in [0, 0.05) is 5.69 Å². The Labute approximate surface area is 112 Å². The summed E-state index contributed by atoms with van der Waals surface area (Å²) in [7, 11) is 1.30. The third-order valence-electron chi connectivity index (χ3n) is 2.13. The van der Waals surface area contributed by atoms with Gasteiger partial charge in [-0.15, -0.1) is 12.4 Å². The Bertz CT molecular complexity index is 441. The van der Waals surface area contributed by atoms with Gasteiger partial charge in [-0.1, -0.05) is 6.07 Å². The Hall–Kier alpha value is -1.59. The highest BCUT2D eigenvalue weighted by molar-refractivity contribution is 5.98. The summed E-state index contributed by atoms with van der Waals surface area (Å²) in [5.41, 5.74) is 5.56. The Morgan fingerprint density at radius 2 is 1.94 bits per heavy atom. The third-order valence-corrected chi connectivity index (χ3v) is 2.13. The fourth-order valence-corrected chi connectivity index (χ4v) is 1.13. The number of esters is 1. The molecule has 0 saturated carbocycles. The minimum atomic E-state index is -0.971. The first-order chi connectivity index (χ1) is 7.84. The van der Waals surface area contributed by atoms with Gasteiger partial charge >= 0.3 is 5.97 Å². The normalized spacial score (nSPS) is 10.2. The number of methoxy groups -OCH3 is 1. The highest BCUT2D eigenvalue weighted by Gasteiger charge is 2.21. The van der Waals surface area contributed by atoms with Crippen LogP contribution in [0.3, 0.4) is 0 Å². The molecule has 0 aromatic heterocycles. The Morgan fingerprint density at radius 3 is 2.44 bits per heavy atom. The molecule has 0 aliphatic heterocycles. The first-order valence-electron chi connectivity index (χ1n) is 5.13. The summed E-state index contributed by atoms with van der Waals surface area (Å²) in [5, 5.41) is 2.63. The molecule has 0 heterocycles. The van der Waals surface area contributed by atoms with Crippen molar-refractivity contribution < 1.29 is 14.3 Å². The lowest BCUT2D eigenvalue weighted by Gasteiger charge is -2.17. The molecule has 6 heteroatoms. The lowest BCUT2D eigenvalue weighted by atomic mass is 10.1. The number of carbonyl (C=O) groups excluding carboxylic acids is 2. The van der Waals surface area contributed by atoms with Crippen molar-refractivity contribution in [2.75, 3.05) is 12.4 Å². The van der Waals surface area contributed by atoms with E-state index >= 15 is 0 Å². The zero-order valence-electron chi connectivity index (χ0n) is 10.5. The van der Waals surface area contributed by atoms with E-state index in [0.717, 1.165) is 0 Å². The maximum atomic E-state index is 11.6. The van der Waals surface area contributed by atoms with E-state index in [1.54, 1.807) is 32.0 Å². The van der Waals surface area contributed by atoms with E-state index in [4.69, 9.17) is 5.73 Å². The Balaban J connectivity index is 0.00000289. The molecule has 0 aliphatic carbocycles. The fraction of sp³-hybridized carbons (Fsp3) is 0.333. The standard InChI is InChI=1S/C12H16N2O3.ClH/c1-12(2,13)11(16)14-9-6-4-5-8(7-9)10(15)17-3;/h4-7H,13H2,1-3H3,(H,14,16);1H. The van der Waals surface area contributed by atoms with Crippen molar-refractivity contribution in [3.05, 3.63) is 29.8 Å². The second-order valence-corrected chi connectivity index (χ2v) is 4.25. The van der Waals surface area contributed by atoms with Gasteiger partial charge in [0.25, 0.3) is 0 Å². The van der Waals surface area contributed by atoms with Crippen LogP contribution in [0, 0.1) is 0 Å². The maximum Gasteiger partial charge on any atom is 0.337 e. The molecule has 0 radical (unpaired) electrons. The van der Waals surface area contributed by atoms with Crippen LogP contribution in [0.15, 0.2) is 24.3 Å². The molecule has 0 bridgehead atoms. The van der Waals surface area contributed by atoms with Crippen molar-refractivity contribution in [3.63, 3.8) is 0 Å². The quantitative estimate of drug-likeness (QED) is 0.819. The van der Waals surface area contributed by atoms with E-state index in [1.807, 2.05) is 0 Å². The van der Waals surface area contributed by atoms with Crippen molar-refractivity contribution in [2.45, 2.75) is 19.4 Å². The molecule has 1 amide bonds. The van der Waals surface area contributed by atoms with Gasteiger partial charge in [0.05, 0.1) is 18.2 Å². The summed E-state index contributed by atoms with van der Waals surface area (Å²) in [4.78, 5) is 22.9. The van der Waals surface area contributed by atoms with Crippen LogP contribution in [-0.2, 0) is 9.53 Å². The fourth-order valence-electron chi connectivity index (χ4n) is 1.13. The second kappa shape index (κ2) is 6.37. The molecule has 18 heavy (non-hydrogen) atoms. The van der Waals surface area contributed by atoms with Crippen molar-refractivity contribution in [1.29, 1.82) is 0 Å². The van der Waals surface area contributed by atoms with Crippen LogP contribution in [-0.4, -0.2) is 24.5 Å². The van der Waals surface area contributed by atoms with E-state index < -0.39 is 11.5 Å². The van der Waals surface area contributed by atoms with Crippen LogP contribution in [0.2, 0.25) is 0 Å². The van der Waals surface area contributed by atoms with Gasteiger partial charge in [-0.05, 0) is 32.0 Å². The third kappa shape index (κ3) is 4.35. The van der Waals surface area contributed by atoms with Gasteiger partial charge in [0.2, 0.25) is 5.91 Å². The number of halogens is 1. The summed E-state index contributed by atoms with van der Waals surface area (Å²) in [6.07, 6.45) is 0. The molecule has 0 aliphatic rings. The topological polar surface area (TPSA) is 81.4 Å². The smallest absolute Gasteiger partial charge is 0.337 e. The van der Waals surface area contributed by atoms with Gasteiger partial charge in [0.15, 0.2) is 0 Å². The molecule has 0 atom stereocenters. The summed E-state index contributed by atoms with van der Waals surface area (Å²) in [5.74, 6) is -0.771. The molecule has 0 unspecified atom stereocenters. The minimum Gasteiger partial charge on any atom is -0.465 e. The number of amides is 1. The van der Waals surface area contributed by atoms with Crippen LogP contribution in [0.1, 0.15) is 24.2 Å². The molecule has 5 nitrogen and oxygen atoms in total. The number of rotatable bonds is 3.